The SMILES string of the molecule is [2H]c1c([2H])c([2H])c2c(-c3cc(-c4cccc5oc6ccc(-c7ccccc7)cc6c45)c4ccccc4c3)c3c([2H])c([2H])c([2H])c([2H])c3c(-c3ccccc3)c2c1[2H]. The molecule has 1 heterocycles. The standard InChI is InChI=1S/C48H30O/c1-3-14-31(15-4-1)33-26-27-44-43(29-33)48-41(24-13-25-45(48)49-44)42-30-35(28-34-18-7-8-19-36(34)42)47-39-22-11-9-20-37(39)46(32-16-5-2-6-17-32)38-21-10-12-23-40(38)47/h1-30H/i9D,10D,11D,12D,20D,21D,22D,23D. The van der Waals surface area contributed by atoms with Crippen LogP contribution in [0.1, 0.15) is 11.0 Å². The van der Waals surface area contributed by atoms with Gasteiger partial charge in [-0.3, -0.25) is 0 Å². The van der Waals surface area contributed by atoms with E-state index < -0.39 is 24.2 Å². The Bertz CT molecular complexity index is 3240. The number of furan rings is 1. The highest BCUT2D eigenvalue weighted by atomic mass is 16.3. The van der Waals surface area contributed by atoms with E-state index in [0.717, 1.165) is 49.4 Å². The van der Waals surface area contributed by atoms with E-state index in [1.807, 2.05) is 84.9 Å². The Morgan fingerprint density at radius 3 is 1.67 bits per heavy atom. The molecular weight excluding hydrogens is 593 g/mol. The predicted molar refractivity (Wildman–Crippen MR) is 208 cm³/mol. The molecule has 49 heavy (non-hydrogen) atoms. The topological polar surface area (TPSA) is 13.1 Å². The fourth-order valence-electron chi connectivity index (χ4n) is 7.35. The Morgan fingerprint density at radius 2 is 0.980 bits per heavy atom. The van der Waals surface area contributed by atoms with Crippen LogP contribution >= 0.6 is 0 Å². The van der Waals surface area contributed by atoms with E-state index in [2.05, 4.69) is 24.3 Å². The zero-order valence-corrected chi connectivity index (χ0v) is 26.1. The highest BCUT2D eigenvalue weighted by Crippen LogP contribution is 2.47. The number of hydrogen-bond donors (Lipinski definition) is 0. The molecule has 0 aliphatic rings. The Kier molecular flexibility index (Phi) is 4.69. The molecule has 0 saturated heterocycles. The van der Waals surface area contributed by atoms with Crippen molar-refractivity contribution in [2.45, 2.75) is 0 Å². The number of rotatable bonds is 4. The van der Waals surface area contributed by atoms with Crippen molar-refractivity contribution in [3.63, 3.8) is 0 Å². The highest BCUT2D eigenvalue weighted by molar-refractivity contribution is 6.23. The van der Waals surface area contributed by atoms with Gasteiger partial charge in [0.25, 0.3) is 0 Å². The van der Waals surface area contributed by atoms with Gasteiger partial charge < -0.3 is 4.42 Å². The first-order valence-corrected chi connectivity index (χ1v) is 16.2. The van der Waals surface area contributed by atoms with Crippen molar-refractivity contribution in [2.75, 3.05) is 0 Å². The third kappa shape index (κ3) is 4.40. The molecule has 228 valence electrons. The molecule has 1 nitrogen and oxygen atoms in total. The second-order valence-corrected chi connectivity index (χ2v) is 12.2. The van der Waals surface area contributed by atoms with Gasteiger partial charge in [0.05, 0.1) is 11.0 Å². The summed E-state index contributed by atoms with van der Waals surface area (Å²) >= 11 is 0. The quantitative estimate of drug-likeness (QED) is 0.176. The lowest BCUT2D eigenvalue weighted by Crippen LogP contribution is -1.92. The molecule has 0 aliphatic carbocycles. The molecule has 0 amide bonds. The summed E-state index contributed by atoms with van der Waals surface area (Å²) in [6.07, 6.45) is 0. The van der Waals surface area contributed by atoms with Gasteiger partial charge in [-0.1, -0.05) is 151 Å². The number of benzene rings is 9. The lowest BCUT2D eigenvalue weighted by molar-refractivity contribution is 0.669. The molecule has 0 spiro atoms. The molecule has 0 fully saturated rings. The minimum absolute atomic E-state index is 0.179. The van der Waals surface area contributed by atoms with Crippen LogP contribution in [-0.2, 0) is 0 Å². The molecule has 0 atom stereocenters. The van der Waals surface area contributed by atoms with E-state index in [1.165, 1.54) is 0 Å². The van der Waals surface area contributed by atoms with Crippen LogP contribution in [-0.4, -0.2) is 0 Å². The zero-order valence-electron chi connectivity index (χ0n) is 34.1. The molecule has 0 bridgehead atoms. The number of hydrogen-bond acceptors (Lipinski definition) is 1. The monoisotopic (exact) mass is 630 g/mol. The summed E-state index contributed by atoms with van der Waals surface area (Å²) in [7, 11) is 0. The van der Waals surface area contributed by atoms with Gasteiger partial charge in [-0.2, -0.15) is 0 Å². The summed E-state index contributed by atoms with van der Waals surface area (Å²) in [6.45, 7) is 0. The van der Waals surface area contributed by atoms with Gasteiger partial charge in [0, 0.05) is 10.8 Å². The summed E-state index contributed by atoms with van der Waals surface area (Å²) in [5.74, 6) is 0. The lowest BCUT2D eigenvalue weighted by atomic mass is 9.84. The molecule has 1 heteroatoms. The molecule has 10 rings (SSSR count). The molecule has 0 N–H and O–H groups in total. The first kappa shape index (κ1) is 20.7. The molecule has 0 radical (unpaired) electrons. The average Bonchev–Trinajstić information content (AvgIpc) is 3.63. The van der Waals surface area contributed by atoms with Crippen LogP contribution in [0.15, 0.2) is 186 Å². The van der Waals surface area contributed by atoms with Crippen molar-refractivity contribution in [1.29, 1.82) is 0 Å². The molecular formula is C48H30O. The van der Waals surface area contributed by atoms with Crippen LogP contribution in [0.3, 0.4) is 0 Å². The maximum atomic E-state index is 9.42. The van der Waals surface area contributed by atoms with Crippen LogP contribution < -0.4 is 0 Å². The normalized spacial score (nSPS) is 14.0. The van der Waals surface area contributed by atoms with Crippen molar-refractivity contribution < 1.29 is 15.4 Å². The average molecular weight is 631 g/mol. The smallest absolute Gasteiger partial charge is 0.136 e. The summed E-state index contributed by atoms with van der Waals surface area (Å²) in [6, 6.07) is 40.3. The Balaban J connectivity index is 1.39. The predicted octanol–water partition coefficient (Wildman–Crippen LogP) is 13.7. The van der Waals surface area contributed by atoms with Crippen molar-refractivity contribution in [3.05, 3.63) is 182 Å². The summed E-state index contributed by atoms with van der Waals surface area (Å²) in [5.41, 5.74) is 7.01. The Hall–Kier alpha value is -6.44. The van der Waals surface area contributed by atoms with Gasteiger partial charge >= 0.3 is 0 Å². The fourth-order valence-corrected chi connectivity index (χ4v) is 7.35. The van der Waals surface area contributed by atoms with Crippen LogP contribution in [0.4, 0.5) is 0 Å². The van der Waals surface area contributed by atoms with Crippen LogP contribution in [0, 0.1) is 0 Å². The van der Waals surface area contributed by atoms with Crippen LogP contribution in [0.25, 0.3) is 98.8 Å². The summed E-state index contributed by atoms with van der Waals surface area (Å²) in [4.78, 5) is 0. The van der Waals surface area contributed by atoms with Gasteiger partial charge in [0.1, 0.15) is 11.2 Å². The van der Waals surface area contributed by atoms with Gasteiger partial charge in [-0.15, -0.1) is 0 Å². The van der Waals surface area contributed by atoms with Gasteiger partial charge in [0.2, 0.25) is 0 Å². The van der Waals surface area contributed by atoms with Crippen molar-refractivity contribution in [2.24, 2.45) is 0 Å². The fraction of sp³-hybridized carbons (Fsp3) is 0. The maximum absolute atomic E-state index is 9.42. The maximum Gasteiger partial charge on any atom is 0.136 e. The number of fused-ring (bicyclic) bond motifs is 6. The molecule has 0 unspecified atom stereocenters. The molecule has 0 aliphatic heterocycles. The van der Waals surface area contributed by atoms with Crippen LogP contribution in [0.2, 0.25) is 0 Å². The van der Waals surface area contributed by atoms with E-state index in [-0.39, 0.29) is 45.7 Å². The Morgan fingerprint density at radius 1 is 0.367 bits per heavy atom. The highest BCUT2D eigenvalue weighted by Gasteiger charge is 2.20. The largest absolute Gasteiger partial charge is 0.456 e. The third-order valence-corrected chi connectivity index (χ3v) is 9.48. The summed E-state index contributed by atoms with van der Waals surface area (Å²) in [5, 5.41) is 4.34. The first-order valence-electron chi connectivity index (χ1n) is 20.2. The van der Waals surface area contributed by atoms with E-state index >= 15 is 0 Å². The summed E-state index contributed by atoms with van der Waals surface area (Å²) < 4.78 is 79.2. The third-order valence-electron chi connectivity index (χ3n) is 9.48. The van der Waals surface area contributed by atoms with E-state index in [9.17, 15) is 5.48 Å². The van der Waals surface area contributed by atoms with Gasteiger partial charge in [0.15, 0.2) is 0 Å². The molecule has 9 aromatic carbocycles. The molecule has 10 aromatic rings. The van der Waals surface area contributed by atoms with E-state index in [0.29, 0.717) is 27.8 Å². The van der Waals surface area contributed by atoms with Crippen molar-refractivity contribution >= 4 is 54.3 Å². The molecule has 0 saturated carbocycles. The van der Waals surface area contributed by atoms with Crippen LogP contribution in [0.5, 0.6) is 0 Å². The van der Waals surface area contributed by atoms with E-state index in [4.69, 9.17) is 9.90 Å². The van der Waals surface area contributed by atoms with Gasteiger partial charge in [-0.05, 0) is 107 Å². The van der Waals surface area contributed by atoms with Gasteiger partial charge in [-0.25, -0.2) is 0 Å². The van der Waals surface area contributed by atoms with E-state index in [1.54, 1.807) is 24.3 Å². The second-order valence-electron chi connectivity index (χ2n) is 12.2. The van der Waals surface area contributed by atoms with Crippen molar-refractivity contribution in [1.82, 2.24) is 0 Å². The second kappa shape index (κ2) is 11.1. The first-order chi connectivity index (χ1) is 27.6. The van der Waals surface area contributed by atoms with Crippen molar-refractivity contribution in [3.8, 4) is 44.5 Å². The zero-order chi connectivity index (χ0) is 39.3. The minimum Gasteiger partial charge on any atom is -0.456 e. The Labute approximate surface area is 295 Å². The lowest BCUT2D eigenvalue weighted by Gasteiger charge is -2.19. The molecule has 1 aromatic heterocycles. The minimum atomic E-state index is -0.433.